The van der Waals surface area contributed by atoms with Gasteiger partial charge in [0.2, 0.25) is 0 Å². The number of carboxylic acid groups (broad SMARTS) is 1. The van der Waals surface area contributed by atoms with Crippen molar-refractivity contribution in [2.75, 3.05) is 0 Å². The highest BCUT2D eigenvalue weighted by Gasteiger charge is 2.27. The monoisotopic (exact) mass is 199 g/mol. The molecule has 0 radical (unpaired) electrons. The Morgan fingerprint density at radius 2 is 2.46 bits per heavy atom. The molecule has 0 aliphatic heterocycles. The fourth-order valence-electron chi connectivity index (χ4n) is 1.89. The van der Waals surface area contributed by atoms with E-state index in [0.29, 0.717) is 5.15 Å². The zero-order chi connectivity index (χ0) is 9.42. The molecule has 0 aromatic carbocycles. The van der Waals surface area contributed by atoms with Gasteiger partial charge in [0.05, 0.1) is 5.92 Å². The van der Waals surface area contributed by atoms with Crippen LogP contribution in [0.3, 0.4) is 0 Å². The third kappa shape index (κ3) is 1.44. The predicted octanol–water partition coefficient (Wildman–Crippen LogP) is 2.17. The van der Waals surface area contributed by atoms with E-state index in [0.717, 1.165) is 30.5 Å². The highest BCUT2D eigenvalue weighted by atomic mass is 35.5. The quantitative estimate of drug-likeness (QED) is 0.729. The van der Waals surface area contributed by atoms with Crippen molar-refractivity contribution in [3.05, 3.63) is 22.5 Å². The van der Waals surface area contributed by atoms with Crippen molar-refractivity contribution in [2.45, 2.75) is 25.2 Å². The maximum Gasteiger partial charge on any atom is 0.311 e. The molecule has 1 unspecified atom stereocenters. The van der Waals surface area contributed by atoms with E-state index < -0.39 is 5.97 Å². The third-order valence-corrected chi connectivity index (χ3v) is 2.70. The van der Waals surface area contributed by atoms with Crippen molar-refractivity contribution in [1.82, 2.24) is 4.98 Å². The van der Waals surface area contributed by atoms with Crippen LogP contribution in [0.5, 0.6) is 0 Å². The molecule has 0 bridgehead atoms. The number of nitrogens with one attached hydrogen (secondary N) is 1. The molecule has 70 valence electrons. The normalized spacial score (nSPS) is 21.2. The summed E-state index contributed by atoms with van der Waals surface area (Å²) in [5.74, 6) is -1.12. The predicted molar refractivity (Wildman–Crippen MR) is 49.1 cm³/mol. The molecule has 2 N–H and O–H groups in total. The summed E-state index contributed by atoms with van der Waals surface area (Å²) in [4.78, 5) is 13.9. The van der Waals surface area contributed by atoms with Gasteiger partial charge in [0.15, 0.2) is 0 Å². The van der Waals surface area contributed by atoms with Gasteiger partial charge in [-0.1, -0.05) is 11.6 Å². The number of hydrogen-bond acceptors (Lipinski definition) is 1. The first-order chi connectivity index (χ1) is 6.18. The molecule has 3 nitrogen and oxygen atoms in total. The Bertz CT molecular complexity index is 345. The number of aryl methyl sites for hydroxylation is 1. The van der Waals surface area contributed by atoms with E-state index in [1.807, 2.05) is 0 Å². The van der Waals surface area contributed by atoms with Crippen molar-refractivity contribution in [1.29, 1.82) is 0 Å². The molecule has 1 atom stereocenters. The number of carboxylic acids is 1. The van der Waals surface area contributed by atoms with Gasteiger partial charge < -0.3 is 10.1 Å². The van der Waals surface area contributed by atoms with E-state index in [1.54, 1.807) is 6.07 Å². The number of aromatic amines is 1. The number of rotatable bonds is 1. The summed E-state index contributed by atoms with van der Waals surface area (Å²) in [6, 6.07) is 1.73. The number of hydrogen-bond donors (Lipinski definition) is 2. The minimum atomic E-state index is -0.753. The van der Waals surface area contributed by atoms with Gasteiger partial charge in [0, 0.05) is 5.69 Å². The van der Waals surface area contributed by atoms with Gasteiger partial charge in [0.1, 0.15) is 5.15 Å². The van der Waals surface area contributed by atoms with Gasteiger partial charge in [0.25, 0.3) is 0 Å². The molecule has 0 saturated carbocycles. The average Bonchev–Trinajstić information content (AvgIpc) is 2.43. The van der Waals surface area contributed by atoms with Crippen LogP contribution >= 0.6 is 11.6 Å². The average molecular weight is 200 g/mol. The molecule has 1 aliphatic rings. The van der Waals surface area contributed by atoms with E-state index >= 15 is 0 Å². The second kappa shape index (κ2) is 3.07. The molecule has 0 amide bonds. The Hall–Kier alpha value is -0.960. The molecule has 13 heavy (non-hydrogen) atoms. The van der Waals surface area contributed by atoms with Crippen molar-refractivity contribution < 1.29 is 9.90 Å². The van der Waals surface area contributed by atoms with Crippen LogP contribution in [0.15, 0.2) is 6.07 Å². The fraction of sp³-hybridized carbons (Fsp3) is 0.444. The Labute approximate surface area is 80.7 Å². The SMILES string of the molecule is O=C(O)C1CCCc2[nH]c(Cl)cc21. The first-order valence-electron chi connectivity index (χ1n) is 4.28. The lowest BCUT2D eigenvalue weighted by Crippen LogP contribution is -2.16. The number of H-pyrrole nitrogens is 1. The van der Waals surface area contributed by atoms with Gasteiger partial charge in [-0.15, -0.1) is 0 Å². The second-order valence-electron chi connectivity index (χ2n) is 3.33. The summed E-state index contributed by atoms with van der Waals surface area (Å²) in [5, 5.41) is 9.48. The lowest BCUT2D eigenvalue weighted by atomic mass is 9.87. The maximum absolute atomic E-state index is 10.9. The molecule has 0 spiro atoms. The van der Waals surface area contributed by atoms with Crippen LogP contribution in [-0.2, 0) is 11.2 Å². The Morgan fingerprint density at radius 3 is 3.15 bits per heavy atom. The van der Waals surface area contributed by atoms with Crippen molar-refractivity contribution in [3.8, 4) is 0 Å². The largest absolute Gasteiger partial charge is 0.481 e. The summed E-state index contributed by atoms with van der Waals surface area (Å²) in [6.45, 7) is 0. The molecular weight excluding hydrogens is 190 g/mol. The molecule has 4 heteroatoms. The van der Waals surface area contributed by atoms with Crippen LogP contribution in [0.2, 0.25) is 5.15 Å². The van der Waals surface area contributed by atoms with Crippen LogP contribution in [0, 0.1) is 0 Å². The first kappa shape index (κ1) is 8.63. The zero-order valence-electron chi connectivity index (χ0n) is 7.01. The van der Waals surface area contributed by atoms with Crippen LogP contribution in [0.1, 0.15) is 30.0 Å². The molecule has 0 fully saturated rings. The summed E-state index contributed by atoms with van der Waals surface area (Å²) in [6.07, 6.45) is 2.54. The molecule has 1 aromatic rings. The summed E-state index contributed by atoms with van der Waals surface area (Å²) in [7, 11) is 0. The summed E-state index contributed by atoms with van der Waals surface area (Å²) >= 11 is 5.77. The van der Waals surface area contributed by atoms with E-state index in [4.69, 9.17) is 16.7 Å². The van der Waals surface area contributed by atoms with E-state index in [-0.39, 0.29) is 5.92 Å². The number of carbonyl (C=O) groups is 1. The Balaban J connectivity index is 2.41. The Kier molecular flexibility index (Phi) is 2.04. The van der Waals surface area contributed by atoms with Crippen LogP contribution in [-0.4, -0.2) is 16.1 Å². The first-order valence-corrected chi connectivity index (χ1v) is 4.66. The topological polar surface area (TPSA) is 53.1 Å². The number of aromatic nitrogens is 1. The number of fused-ring (bicyclic) bond motifs is 1. The van der Waals surface area contributed by atoms with E-state index in [2.05, 4.69) is 4.98 Å². The van der Waals surface area contributed by atoms with E-state index in [9.17, 15) is 4.79 Å². The van der Waals surface area contributed by atoms with E-state index in [1.165, 1.54) is 0 Å². The minimum Gasteiger partial charge on any atom is -0.481 e. The number of halogens is 1. The van der Waals surface area contributed by atoms with Gasteiger partial charge in [-0.3, -0.25) is 4.79 Å². The number of aliphatic carboxylic acids is 1. The van der Waals surface area contributed by atoms with Gasteiger partial charge in [-0.25, -0.2) is 0 Å². The van der Waals surface area contributed by atoms with Crippen LogP contribution < -0.4 is 0 Å². The van der Waals surface area contributed by atoms with Crippen molar-refractivity contribution >= 4 is 17.6 Å². The summed E-state index contributed by atoms with van der Waals surface area (Å²) in [5.41, 5.74) is 1.85. The molecule has 1 aromatic heterocycles. The van der Waals surface area contributed by atoms with Crippen LogP contribution in [0.4, 0.5) is 0 Å². The minimum absolute atomic E-state index is 0.368. The lowest BCUT2D eigenvalue weighted by molar-refractivity contribution is -0.139. The van der Waals surface area contributed by atoms with Gasteiger partial charge in [-0.05, 0) is 30.9 Å². The standard InChI is InChI=1S/C9H10ClNO2/c10-8-4-6-5(9(12)13)2-1-3-7(6)11-8/h4-5,11H,1-3H2,(H,12,13). The van der Waals surface area contributed by atoms with Crippen LogP contribution in [0.25, 0.3) is 0 Å². The molecule has 2 rings (SSSR count). The molecule has 0 saturated heterocycles. The highest BCUT2D eigenvalue weighted by molar-refractivity contribution is 6.29. The third-order valence-electron chi connectivity index (χ3n) is 2.49. The summed E-state index contributed by atoms with van der Waals surface area (Å²) < 4.78 is 0. The van der Waals surface area contributed by atoms with Gasteiger partial charge >= 0.3 is 5.97 Å². The van der Waals surface area contributed by atoms with Crippen molar-refractivity contribution in [3.63, 3.8) is 0 Å². The Morgan fingerprint density at radius 1 is 1.69 bits per heavy atom. The van der Waals surface area contributed by atoms with Crippen molar-refractivity contribution in [2.24, 2.45) is 0 Å². The zero-order valence-corrected chi connectivity index (χ0v) is 7.77. The van der Waals surface area contributed by atoms with Gasteiger partial charge in [-0.2, -0.15) is 0 Å². The highest BCUT2D eigenvalue weighted by Crippen LogP contribution is 2.33. The second-order valence-corrected chi connectivity index (χ2v) is 3.74. The molecule has 1 aliphatic carbocycles. The lowest BCUT2D eigenvalue weighted by Gasteiger charge is -2.18. The smallest absolute Gasteiger partial charge is 0.311 e. The molecule has 1 heterocycles. The molecular formula is C9H10ClNO2. The fourth-order valence-corrected chi connectivity index (χ4v) is 2.12. The maximum atomic E-state index is 10.9.